The standard InChI is InChI=1S/C18H30N4.HI/c1-19-18(21-17-11-7-4-8-12-17)20-13-14-22(2)15-16-9-5-3-6-10-16;/h3,5-6,9-10,17H,4,7-8,11-15H2,1-2H3,(H2,19,20,21);1H. The molecule has 0 aliphatic heterocycles. The van der Waals surface area contributed by atoms with Crippen molar-refractivity contribution in [3.8, 4) is 0 Å². The lowest BCUT2D eigenvalue weighted by Crippen LogP contribution is -2.45. The van der Waals surface area contributed by atoms with Gasteiger partial charge in [0.1, 0.15) is 0 Å². The number of rotatable bonds is 6. The van der Waals surface area contributed by atoms with E-state index in [0.717, 1.165) is 25.6 Å². The first kappa shape index (κ1) is 20.2. The smallest absolute Gasteiger partial charge is 0.191 e. The monoisotopic (exact) mass is 430 g/mol. The molecule has 0 atom stereocenters. The zero-order valence-corrected chi connectivity index (χ0v) is 16.8. The molecule has 130 valence electrons. The summed E-state index contributed by atoms with van der Waals surface area (Å²) in [5.74, 6) is 0.944. The molecule has 1 aromatic carbocycles. The van der Waals surface area contributed by atoms with E-state index in [1.54, 1.807) is 0 Å². The van der Waals surface area contributed by atoms with Crippen LogP contribution in [0.15, 0.2) is 35.3 Å². The van der Waals surface area contributed by atoms with Gasteiger partial charge in [-0.25, -0.2) is 0 Å². The molecule has 4 nitrogen and oxygen atoms in total. The fourth-order valence-corrected chi connectivity index (χ4v) is 2.97. The van der Waals surface area contributed by atoms with Crippen LogP contribution in [0, 0.1) is 0 Å². The number of benzene rings is 1. The van der Waals surface area contributed by atoms with Gasteiger partial charge in [0.15, 0.2) is 5.96 Å². The van der Waals surface area contributed by atoms with E-state index in [1.165, 1.54) is 37.7 Å². The van der Waals surface area contributed by atoms with Crippen LogP contribution in [-0.4, -0.2) is 44.1 Å². The molecule has 0 saturated heterocycles. The van der Waals surface area contributed by atoms with E-state index in [9.17, 15) is 0 Å². The van der Waals surface area contributed by atoms with Crippen molar-refractivity contribution in [3.05, 3.63) is 35.9 Å². The van der Waals surface area contributed by atoms with Crippen molar-refractivity contribution >= 4 is 29.9 Å². The van der Waals surface area contributed by atoms with Crippen LogP contribution in [0.25, 0.3) is 0 Å². The number of nitrogens with zero attached hydrogens (tertiary/aromatic N) is 2. The third kappa shape index (κ3) is 8.01. The van der Waals surface area contributed by atoms with E-state index < -0.39 is 0 Å². The molecule has 5 heteroatoms. The van der Waals surface area contributed by atoms with Crippen LogP contribution in [-0.2, 0) is 6.54 Å². The summed E-state index contributed by atoms with van der Waals surface area (Å²) in [6.07, 6.45) is 6.61. The molecule has 1 saturated carbocycles. The maximum atomic E-state index is 4.34. The number of nitrogens with one attached hydrogen (secondary N) is 2. The number of halogens is 1. The average molecular weight is 430 g/mol. The Morgan fingerprint density at radius 3 is 2.52 bits per heavy atom. The summed E-state index contributed by atoms with van der Waals surface area (Å²) in [7, 11) is 4.01. The second-order valence-corrected chi connectivity index (χ2v) is 6.20. The molecule has 1 aliphatic carbocycles. The van der Waals surface area contributed by atoms with Gasteiger partial charge in [-0.1, -0.05) is 49.6 Å². The molecule has 2 rings (SSSR count). The van der Waals surface area contributed by atoms with Crippen LogP contribution < -0.4 is 10.6 Å². The predicted molar refractivity (Wildman–Crippen MR) is 110 cm³/mol. The summed E-state index contributed by atoms with van der Waals surface area (Å²) in [5.41, 5.74) is 1.36. The van der Waals surface area contributed by atoms with Gasteiger partial charge in [-0.2, -0.15) is 0 Å². The van der Waals surface area contributed by atoms with Crippen molar-refractivity contribution < 1.29 is 0 Å². The molecule has 0 bridgehead atoms. The highest BCUT2D eigenvalue weighted by Crippen LogP contribution is 2.17. The molecule has 1 aromatic rings. The lowest BCUT2D eigenvalue weighted by atomic mass is 9.96. The maximum Gasteiger partial charge on any atom is 0.191 e. The lowest BCUT2D eigenvalue weighted by molar-refractivity contribution is 0.330. The van der Waals surface area contributed by atoms with Crippen molar-refractivity contribution in [2.24, 2.45) is 4.99 Å². The summed E-state index contributed by atoms with van der Waals surface area (Å²) in [6, 6.07) is 11.2. The van der Waals surface area contributed by atoms with Gasteiger partial charge in [0.25, 0.3) is 0 Å². The fraction of sp³-hybridized carbons (Fsp3) is 0.611. The molecule has 0 heterocycles. The first-order chi connectivity index (χ1) is 10.8. The van der Waals surface area contributed by atoms with Crippen LogP contribution in [0.2, 0.25) is 0 Å². The fourth-order valence-electron chi connectivity index (χ4n) is 2.97. The van der Waals surface area contributed by atoms with Crippen molar-refractivity contribution in [1.29, 1.82) is 0 Å². The van der Waals surface area contributed by atoms with Crippen LogP contribution in [0.5, 0.6) is 0 Å². The van der Waals surface area contributed by atoms with E-state index in [4.69, 9.17) is 0 Å². The molecule has 0 spiro atoms. The van der Waals surface area contributed by atoms with Crippen molar-refractivity contribution in [2.75, 3.05) is 27.2 Å². The largest absolute Gasteiger partial charge is 0.355 e. The van der Waals surface area contributed by atoms with E-state index >= 15 is 0 Å². The zero-order chi connectivity index (χ0) is 15.6. The molecule has 0 radical (unpaired) electrons. The molecule has 0 unspecified atom stereocenters. The molecule has 2 N–H and O–H groups in total. The Kier molecular flexibility index (Phi) is 10.3. The van der Waals surface area contributed by atoms with Gasteiger partial charge in [-0.15, -0.1) is 24.0 Å². The normalized spacial score (nSPS) is 16.0. The Balaban J connectivity index is 0.00000264. The van der Waals surface area contributed by atoms with Gasteiger partial charge < -0.3 is 15.5 Å². The Labute approximate surface area is 158 Å². The third-order valence-electron chi connectivity index (χ3n) is 4.25. The van der Waals surface area contributed by atoms with Crippen LogP contribution >= 0.6 is 24.0 Å². The van der Waals surface area contributed by atoms with Crippen molar-refractivity contribution in [2.45, 2.75) is 44.7 Å². The molecular formula is C18H31IN4. The summed E-state index contributed by atoms with van der Waals surface area (Å²) < 4.78 is 0. The SMILES string of the molecule is CN=C(NCCN(C)Cc1ccccc1)NC1CCCCC1.I. The van der Waals surface area contributed by atoms with Crippen molar-refractivity contribution in [3.63, 3.8) is 0 Å². The zero-order valence-electron chi connectivity index (χ0n) is 14.4. The average Bonchev–Trinajstić information content (AvgIpc) is 2.56. The summed E-state index contributed by atoms with van der Waals surface area (Å²) in [4.78, 5) is 6.67. The minimum atomic E-state index is 0. The Morgan fingerprint density at radius 1 is 1.17 bits per heavy atom. The summed E-state index contributed by atoms with van der Waals surface area (Å²) >= 11 is 0. The second-order valence-electron chi connectivity index (χ2n) is 6.20. The first-order valence-electron chi connectivity index (χ1n) is 8.47. The number of likely N-dealkylation sites (N-methyl/N-ethyl adjacent to an activating group) is 1. The highest BCUT2D eigenvalue weighted by molar-refractivity contribution is 14.0. The van der Waals surface area contributed by atoms with E-state index in [-0.39, 0.29) is 24.0 Å². The van der Waals surface area contributed by atoms with E-state index in [0.29, 0.717) is 6.04 Å². The van der Waals surface area contributed by atoms with Gasteiger partial charge in [-0.05, 0) is 25.5 Å². The van der Waals surface area contributed by atoms with Gasteiger partial charge in [0.2, 0.25) is 0 Å². The van der Waals surface area contributed by atoms with Crippen LogP contribution in [0.3, 0.4) is 0 Å². The quantitative estimate of drug-likeness (QED) is 0.414. The van der Waals surface area contributed by atoms with Crippen LogP contribution in [0.1, 0.15) is 37.7 Å². The highest BCUT2D eigenvalue weighted by atomic mass is 127. The maximum absolute atomic E-state index is 4.34. The predicted octanol–water partition coefficient (Wildman–Crippen LogP) is 3.23. The third-order valence-corrected chi connectivity index (χ3v) is 4.25. The first-order valence-corrected chi connectivity index (χ1v) is 8.47. The number of aliphatic imine (C=N–C) groups is 1. The summed E-state index contributed by atoms with van der Waals surface area (Å²) in [5, 5.41) is 6.98. The Morgan fingerprint density at radius 2 is 1.87 bits per heavy atom. The molecular weight excluding hydrogens is 399 g/mol. The van der Waals surface area contributed by atoms with Crippen molar-refractivity contribution in [1.82, 2.24) is 15.5 Å². The molecule has 1 aliphatic rings. The second kappa shape index (κ2) is 11.7. The Bertz CT molecular complexity index is 444. The number of guanidine groups is 1. The van der Waals surface area contributed by atoms with Crippen LogP contribution in [0.4, 0.5) is 0 Å². The van der Waals surface area contributed by atoms with Gasteiger partial charge in [0, 0.05) is 32.7 Å². The minimum absolute atomic E-state index is 0. The van der Waals surface area contributed by atoms with Gasteiger partial charge in [0.05, 0.1) is 0 Å². The number of hydrogen-bond acceptors (Lipinski definition) is 2. The van der Waals surface area contributed by atoms with E-state index in [2.05, 4.69) is 57.9 Å². The summed E-state index contributed by atoms with van der Waals surface area (Å²) in [6.45, 7) is 2.90. The van der Waals surface area contributed by atoms with E-state index in [1.807, 2.05) is 7.05 Å². The molecule has 0 amide bonds. The Hall–Kier alpha value is -0.820. The van der Waals surface area contributed by atoms with Gasteiger partial charge >= 0.3 is 0 Å². The molecule has 1 fully saturated rings. The highest BCUT2D eigenvalue weighted by Gasteiger charge is 2.14. The minimum Gasteiger partial charge on any atom is -0.355 e. The topological polar surface area (TPSA) is 39.7 Å². The lowest BCUT2D eigenvalue weighted by Gasteiger charge is -2.25. The molecule has 23 heavy (non-hydrogen) atoms. The number of hydrogen-bond donors (Lipinski definition) is 2. The van der Waals surface area contributed by atoms with Gasteiger partial charge in [-0.3, -0.25) is 4.99 Å². The molecule has 0 aromatic heterocycles.